The van der Waals surface area contributed by atoms with Crippen molar-refractivity contribution < 1.29 is 19.1 Å². The van der Waals surface area contributed by atoms with Gasteiger partial charge in [0.15, 0.2) is 0 Å². The first kappa shape index (κ1) is 22.6. The van der Waals surface area contributed by atoms with E-state index < -0.39 is 12.1 Å². The van der Waals surface area contributed by atoms with Crippen LogP contribution in [-0.4, -0.2) is 72.5 Å². The molecule has 6 rings (SSSR count). The third-order valence-electron chi connectivity index (χ3n) is 8.71. The quantitative estimate of drug-likeness (QED) is 0.532. The fraction of sp³-hybridized carbons (Fsp3) is 0.593. The number of nitrogens with zero attached hydrogens (tertiary/aromatic N) is 3. The number of hydrogen-bond donors (Lipinski definition) is 1. The number of imide groups is 1. The maximum Gasteiger partial charge on any atom is 0.329 e. The monoisotopic (exact) mass is 478 g/mol. The zero-order valence-corrected chi connectivity index (χ0v) is 20.3. The molecular weight excluding hydrogens is 444 g/mol. The minimum absolute atomic E-state index is 0.00347. The van der Waals surface area contributed by atoms with Gasteiger partial charge in [-0.1, -0.05) is 18.1 Å². The highest BCUT2D eigenvalue weighted by atomic mass is 16.5. The van der Waals surface area contributed by atoms with E-state index in [4.69, 9.17) is 4.74 Å². The topological polar surface area (TPSA) is 82.2 Å². The van der Waals surface area contributed by atoms with Gasteiger partial charge in [-0.15, -0.1) is 0 Å². The number of likely N-dealkylation sites (tertiary alicyclic amines) is 1. The summed E-state index contributed by atoms with van der Waals surface area (Å²) in [5.41, 5.74) is 1.90. The number of amides is 4. The molecule has 4 amide bonds. The van der Waals surface area contributed by atoms with Crippen LogP contribution < -0.4 is 15.0 Å². The summed E-state index contributed by atoms with van der Waals surface area (Å²) in [6.45, 7) is 2.96. The molecule has 35 heavy (non-hydrogen) atoms. The Morgan fingerprint density at radius 1 is 1.11 bits per heavy atom. The lowest BCUT2D eigenvalue weighted by atomic mass is 9.68. The molecule has 1 aromatic carbocycles. The number of carbonyl (C=O) groups excluding carboxylic acids is 3. The minimum Gasteiger partial charge on any atom is -0.497 e. The van der Waals surface area contributed by atoms with E-state index in [0.717, 1.165) is 37.3 Å². The highest BCUT2D eigenvalue weighted by Crippen LogP contribution is 2.45. The van der Waals surface area contributed by atoms with E-state index in [0.29, 0.717) is 29.3 Å². The molecule has 4 aliphatic heterocycles. The van der Waals surface area contributed by atoms with Crippen LogP contribution in [-0.2, 0) is 9.59 Å². The molecule has 0 saturated carbocycles. The number of carbonyl (C=O) groups is 3. The molecule has 1 N–H and O–H groups in total. The van der Waals surface area contributed by atoms with Crippen LogP contribution in [0.5, 0.6) is 5.75 Å². The van der Waals surface area contributed by atoms with Gasteiger partial charge in [-0.2, -0.15) is 0 Å². The smallest absolute Gasteiger partial charge is 0.329 e. The number of piperidine rings is 3. The number of rotatable bonds is 4. The normalized spacial score (nSPS) is 32.5. The molecule has 4 heterocycles. The summed E-state index contributed by atoms with van der Waals surface area (Å²) in [4.78, 5) is 45.2. The number of methoxy groups -OCH3 is 1. The van der Waals surface area contributed by atoms with Crippen molar-refractivity contribution in [2.45, 2.75) is 63.1 Å². The van der Waals surface area contributed by atoms with Crippen molar-refractivity contribution in [2.24, 2.45) is 11.8 Å². The minimum atomic E-state index is -0.833. The van der Waals surface area contributed by atoms with Crippen molar-refractivity contribution >= 4 is 23.5 Å². The van der Waals surface area contributed by atoms with E-state index in [-0.39, 0.29) is 24.3 Å². The summed E-state index contributed by atoms with van der Waals surface area (Å²) in [6.07, 6.45) is 9.58. The van der Waals surface area contributed by atoms with Crippen LogP contribution in [0.25, 0.3) is 0 Å². The second kappa shape index (κ2) is 8.97. The van der Waals surface area contributed by atoms with E-state index in [1.165, 1.54) is 31.4 Å². The van der Waals surface area contributed by atoms with Gasteiger partial charge in [-0.25, -0.2) is 9.69 Å². The van der Waals surface area contributed by atoms with E-state index in [2.05, 4.69) is 16.3 Å². The SMILES string of the molecule is COc1ccc(N2C(=O)N[C@@H](CC(=O)N3CCCC4=C[C@H]5C[C@@H](CN6CCCC[C@@H]56)[C@@H]43)C2=O)cc1. The predicted octanol–water partition coefficient (Wildman–Crippen LogP) is 2.93. The van der Waals surface area contributed by atoms with Crippen LogP contribution in [0.15, 0.2) is 35.9 Å². The number of benzene rings is 1. The van der Waals surface area contributed by atoms with E-state index in [9.17, 15) is 14.4 Å². The second-order valence-corrected chi connectivity index (χ2v) is 10.7. The molecule has 4 fully saturated rings. The number of hydrogen-bond acceptors (Lipinski definition) is 5. The standard InChI is InChI=1S/C27H34N4O4/c1-35-21-9-7-20(8-10-21)31-26(33)22(28-27(31)34)15-24(32)30-12-4-5-17-13-18-14-19(25(17)30)16-29-11-3-2-6-23(18)29/h7-10,13,18-19,22-23,25H,2-6,11-12,14-16H2,1H3,(H,28,34)/t18-,19-,22-,23-,25+/m0/s1. The van der Waals surface area contributed by atoms with Crippen LogP contribution in [0, 0.1) is 11.8 Å². The first-order chi connectivity index (χ1) is 17.0. The highest BCUT2D eigenvalue weighted by Gasteiger charge is 2.48. The van der Waals surface area contributed by atoms with Crippen molar-refractivity contribution in [3.05, 3.63) is 35.9 Å². The molecule has 186 valence electrons. The maximum atomic E-state index is 13.6. The van der Waals surface area contributed by atoms with E-state index in [1.54, 1.807) is 31.4 Å². The molecule has 0 aromatic heterocycles. The average Bonchev–Trinajstić information content (AvgIpc) is 3.16. The zero-order chi connectivity index (χ0) is 24.1. The third-order valence-corrected chi connectivity index (χ3v) is 8.71. The Bertz CT molecular complexity index is 1050. The Hall–Kier alpha value is -2.87. The fourth-order valence-electron chi connectivity index (χ4n) is 7.19. The first-order valence-corrected chi connectivity index (χ1v) is 13.1. The number of anilines is 1. The lowest BCUT2D eigenvalue weighted by molar-refractivity contribution is -0.138. The number of ether oxygens (including phenoxy) is 1. The molecule has 0 spiro atoms. The molecule has 1 aromatic rings. The van der Waals surface area contributed by atoms with Gasteiger partial charge in [-0.05, 0) is 74.8 Å². The number of nitrogens with one attached hydrogen (secondary N) is 1. The average molecular weight is 479 g/mol. The Labute approximate surface area is 206 Å². The van der Waals surface area contributed by atoms with Crippen LogP contribution in [0.4, 0.5) is 10.5 Å². The summed E-state index contributed by atoms with van der Waals surface area (Å²) in [7, 11) is 1.57. The van der Waals surface area contributed by atoms with Gasteiger partial charge in [0.25, 0.3) is 5.91 Å². The molecule has 5 atom stereocenters. The van der Waals surface area contributed by atoms with Crippen molar-refractivity contribution in [1.82, 2.24) is 15.1 Å². The Balaban J connectivity index is 1.17. The molecule has 0 radical (unpaired) electrons. The lowest BCUT2D eigenvalue weighted by Crippen LogP contribution is -2.60. The molecule has 0 unspecified atom stereocenters. The van der Waals surface area contributed by atoms with E-state index in [1.807, 2.05) is 4.90 Å². The molecule has 8 nitrogen and oxygen atoms in total. The van der Waals surface area contributed by atoms with Crippen LogP contribution >= 0.6 is 0 Å². The van der Waals surface area contributed by atoms with Crippen molar-refractivity contribution in [3.63, 3.8) is 0 Å². The van der Waals surface area contributed by atoms with Crippen molar-refractivity contribution in [1.29, 1.82) is 0 Å². The number of urea groups is 1. The summed E-state index contributed by atoms with van der Waals surface area (Å²) in [6, 6.07) is 6.28. The summed E-state index contributed by atoms with van der Waals surface area (Å²) in [5.74, 6) is 1.32. The summed E-state index contributed by atoms with van der Waals surface area (Å²) < 4.78 is 5.17. The second-order valence-electron chi connectivity index (χ2n) is 10.7. The van der Waals surface area contributed by atoms with Gasteiger partial charge in [0, 0.05) is 19.1 Å². The van der Waals surface area contributed by atoms with Gasteiger partial charge < -0.3 is 15.0 Å². The fourth-order valence-corrected chi connectivity index (χ4v) is 7.19. The number of fused-ring (bicyclic) bond motifs is 6. The van der Waals surface area contributed by atoms with Crippen LogP contribution in [0.3, 0.4) is 0 Å². The van der Waals surface area contributed by atoms with Crippen molar-refractivity contribution in [3.8, 4) is 5.75 Å². The van der Waals surface area contributed by atoms with Gasteiger partial charge in [0.2, 0.25) is 5.91 Å². The van der Waals surface area contributed by atoms with Gasteiger partial charge in [-0.3, -0.25) is 14.5 Å². The maximum absolute atomic E-state index is 13.6. The molecule has 8 heteroatoms. The van der Waals surface area contributed by atoms with Gasteiger partial charge >= 0.3 is 6.03 Å². The Kier molecular flexibility index (Phi) is 5.79. The summed E-state index contributed by atoms with van der Waals surface area (Å²) in [5, 5.41) is 2.74. The highest BCUT2D eigenvalue weighted by molar-refractivity contribution is 6.22. The molecule has 5 aliphatic rings. The zero-order valence-electron chi connectivity index (χ0n) is 20.3. The molecule has 4 saturated heterocycles. The van der Waals surface area contributed by atoms with Crippen LogP contribution in [0.1, 0.15) is 44.9 Å². The first-order valence-electron chi connectivity index (χ1n) is 13.1. The van der Waals surface area contributed by atoms with E-state index >= 15 is 0 Å². The molecule has 1 aliphatic carbocycles. The molecular formula is C27H34N4O4. The van der Waals surface area contributed by atoms with Gasteiger partial charge in [0.1, 0.15) is 11.8 Å². The third kappa shape index (κ3) is 3.92. The largest absolute Gasteiger partial charge is 0.497 e. The summed E-state index contributed by atoms with van der Waals surface area (Å²) >= 11 is 0. The van der Waals surface area contributed by atoms with Crippen molar-refractivity contribution in [2.75, 3.05) is 31.6 Å². The van der Waals surface area contributed by atoms with Gasteiger partial charge in [0.05, 0.1) is 25.3 Å². The Morgan fingerprint density at radius 3 is 2.74 bits per heavy atom. The lowest BCUT2D eigenvalue weighted by Gasteiger charge is -2.54. The molecule has 2 bridgehead atoms. The van der Waals surface area contributed by atoms with Crippen LogP contribution in [0.2, 0.25) is 0 Å². The predicted molar refractivity (Wildman–Crippen MR) is 131 cm³/mol. The Morgan fingerprint density at radius 2 is 1.94 bits per heavy atom.